The summed E-state index contributed by atoms with van der Waals surface area (Å²) in [6.07, 6.45) is 17.9. The van der Waals surface area contributed by atoms with Crippen LogP contribution in [0.1, 0.15) is 96.8 Å². The maximum atomic E-state index is 11.3. The standard InChI is InChI=1S/C18H38BrO4P/c1-2-3-4-5-6-7-8-9-10-11-12-13-14-15-17-22-24(20,21)23-18-16-19/h2-18H2,1H3,(H,20,21)/p-1. The summed E-state index contributed by atoms with van der Waals surface area (Å²) in [7, 11) is -4.08. The Morgan fingerprint density at radius 3 is 1.50 bits per heavy atom. The highest BCUT2D eigenvalue weighted by atomic mass is 79.9. The van der Waals surface area contributed by atoms with E-state index in [1.54, 1.807) is 0 Å². The highest BCUT2D eigenvalue weighted by Crippen LogP contribution is 2.38. The summed E-state index contributed by atoms with van der Waals surface area (Å²) >= 11 is 3.11. The van der Waals surface area contributed by atoms with E-state index in [9.17, 15) is 9.46 Å². The molecule has 0 bridgehead atoms. The van der Waals surface area contributed by atoms with Crippen molar-refractivity contribution in [2.24, 2.45) is 0 Å². The summed E-state index contributed by atoms with van der Waals surface area (Å²) in [6.45, 7) is 2.62. The lowest BCUT2D eigenvalue weighted by molar-refractivity contribution is -0.225. The highest BCUT2D eigenvalue weighted by Gasteiger charge is 2.07. The maximum absolute atomic E-state index is 11.3. The van der Waals surface area contributed by atoms with Crippen LogP contribution in [-0.4, -0.2) is 18.5 Å². The minimum atomic E-state index is -4.08. The van der Waals surface area contributed by atoms with Crippen molar-refractivity contribution in [3.05, 3.63) is 0 Å². The SMILES string of the molecule is CCCCCCCCCCCCCCCCOP(=O)([O-])OCCBr. The second kappa shape index (κ2) is 18.4. The average molecular weight is 428 g/mol. The summed E-state index contributed by atoms with van der Waals surface area (Å²) in [5.74, 6) is 0. The zero-order valence-electron chi connectivity index (χ0n) is 15.5. The molecule has 0 amide bonds. The Hall–Kier alpha value is 0.590. The number of hydrogen-bond donors (Lipinski definition) is 0. The van der Waals surface area contributed by atoms with Gasteiger partial charge in [-0.15, -0.1) is 0 Å². The van der Waals surface area contributed by atoms with Gasteiger partial charge in [-0.1, -0.05) is 106 Å². The third kappa shape index (κ3) is 18.9. The highest BCUT2D eigenvalue weighted by molar-refractivity contribution is 9.09. The van der Waals surface area contributed by atoms with Crippen molar-refractivity contribution in [2.75, 3.05) is 18.5 Å². The number of alkyl halides is 1. The van der Waals surface area contributed by atoms with Gasteiger partial charge in [0.1, 0.15) is 0 Å². The molecule has 24 heavy (non-hydrogen) atoms. The number of rotatable bonds is 19. The molecule has 146 valence electrons. The Morgan fingerprint density at radius 2 is 1.08 bits per heavy atom. The minimum Gasteiger partial charge on any atom is -0.756 e. The van der Waals surface area contributed by atoms with Gasteiger partial charge in [-0.25, -0.2) is 0 Å². The summed E-state index contributed by atoms with van der Waals surface area (Å²) in [4.78, 5) is 11.3. The van der Waals surface area contributed by atoms with E-state index in [0.29, 0.717) is 5.33 Å². The molecule has 0 spiro atoms. The molecule has 1 unspecified atom stereocenters. The fourth-order valence-corrected chi connectivity index (χ4v) is 3.81. The molecule has 4 nitrogen and oxygen atoms in total. The minimum absolute atomic E-state index is 0.125. The van der Waals surface area contributed by atoms with Crippen molar-refractivity contribution >= 4 is 23.8 Å². The molecule has 6 heteroatoms. The summed E-state index contributed by atoms with van der Waals surface area (Å²) in [5.41, 5.74) is 0. The van der Waals surface area contributed by atoms with Crippen LogP contribution >= 0.6 is 23.8 Å². The van der Waals surface area contributed by atoms with Crippen LogP contribution in [0, 0.1) is 0 Å². The number of phosphoric acid groups is 1. The fraction of sp³-hybridized carbons (Fsp3) is 1.00. The van der Waals surface area contributed by atoms with Gasteiger partial charge in [0.25, 0.3) is 7.82 Å². The molecule has 0 aliphatic carbocycles. The van der Waals surface area contributed by atoms with E-state index < -0.39 is 7.82 Å². The lowest BCUT2D eigenvalue weighted by atomic mass is 10.0. The number of phosphoric ester groups is 1. The number of unbranched alkanes of at least 4 members (excludes halogenated alkanes) is 13. The molecule has 0 saturated heterocycles. The summed E-state index contributed by atoms with van der Waals surface area (Å²) in [5, 5.41) is 0.488. The monoisotopic (exact) mass is 427 g/mol. The molecule has 0 aromatic heterocycles. The van der Waals surface area contributed by atoms with E-state index in [1.165, 1.54) is 70.6 Å². The summed E-state index contributed by atoms with van der Waals surface area (Å²) in [6, 6.07) is 0. The van der Waals surface area contributed by atoms with Gasteiger partial charge in [0.15, 0.2) is 0 Å². The van der Waals surface area contributed by atoms with Crippen LogP contribution in [0.15, 0.2) is 0 Å². The van der Waals surface area contributed by atoms with Crippen LogP contribution in [0.25, 0.3) is 0 Å². The van der Waals surface area contributed by atoms with E-state index in [4.69, 9.17) is 4.52 Å². The van der Waals surface area contributed by atoms with E-state index in [2.05, 4.69) is 27.4 Å². The van der Waals surface area contributed by atoms with Crippen molar-refractivity contribution < 1.29 is 18.5 Å². The Balaban J connectivity index is 3.16. The van der Waals surface area contributed by atoms with Crippen molar-refractivity contribution in [1.82, 2.24) is 0 Å². The van der Waals surface area contributed by atoms with Gasteiger partial charge >= 0.3 is 0 Å². The first-order valence-electron chi connectivity index (χ1n) is 9.78. The van der Waals surface area contributed by atoms with Crippen molar-refractivity contribution in [2.45, 2.75) is 96.8 Å². The molecule has 0 aromatic rings. The molecule has 0 fully saturated rings. The maximum Gasteiger partial charge on any atom is 0.267 e. The fourth-order valence-electron chi connectivity index (χ4n) is 2.66. The molecule has 0 saturated carbocycles. The normalized spacial score (nSPS) is 14.0. The quantitative estimate of drug-likeness (QED) is 0.136. The molecule has 0 aliphatic rings. The topological polar surface area (TPSA) is 58.6 Å². The number of hydrogen-bond acceptors (Lipinski definition) is 4. The van der Waals surface area contributed by atoms with Crippen LogP contribution in [0.2, 0.25) is 0 Å². The number of halogens is 1. The van der Waals surface area contributed by atoms with E-state index >= 15 is 0 Å². The molecule has 0 aliphatic heterocycles. The largest absolute Gasteiger partial charge is 0.756 e. The predicted octanol–water partition coefficient (Wildman–Crippen LogP) is 6.36. The van der Waals surface area contributed by atoms with Crippen LogP contribution < -0.4 is 4.89 Å². The molecule has 0 rings (SSSR count). The zero-order valence-corrected chi connectivity index (χ0v) is 18.0. The molecular formula is C18H37BrO4P-. The zero-order chi connectivity index (χ0) is 17.9. The molecule has 0 heterocycles. The first-order chi connectivity index (χ1) is 11.6. The van der Waals surface area contributed by atoms with Gasteiger partial charge in [-0.05, 0) is 6.42 Å². The summed E-state index contributed by atoms with van der Waals surface area (Å²) < 4.78 is 20.7. The predicted molar refractivity (Wildman–Crippen MR) is 104 cm³/mol. The van der Waals surface area contributed by atoms with Crippen LogP contribution in [0.5, 0.6) is 0 Å². The molecule has 0 aromatic carbocycles. The lowest BCUT2D eigenvalue weighted by Gasteiger charge is -2.22. The molecule has 0 radical (unpaired) electrons. The van der Waals surface area contributed by atoms with Crippen LogP contribution in [0.3, 0.4) is 0 Å². The van der Waals surface area contributed by atoms with Gasteiger partial charge in [0.05, 0.1) is 13.2 Å². The molecule has 0 N–H and O–H groups in total. The van der Waals surface area contributed by atoms with Gasteiger partial charge in [-0.3, -0.25) is 4.57 Å². The van der Waals surface area contributed by atoms with Crippen LogP contribution in [0.4, 0.5) is 0 Å². The average Bonchev–Trinajstić information content (AvgIpc) is 2.56. The van der Waals surface area contributed by atoms with Gasteiger partial charge < -0.3 is 13.9 Å². The smallest absolute Gasteiger partial charge is 0.267 e. The van der Waals surface area contributed by atoms with E-state index in [0.717, 1.165) is 19.3 Å². The second-order valence-electron chi connectivity index (χ2n) is 6.40. The Labute approximate surface area is 157 Å². The first-order valence-corrected chi connectivity index (χ1v) is 12.4. The Bertz CT molecular complexity index is 303. The third-order valence-corrected chi connectivity index (χ3v) is 5.40. The lowest BCUT2D eigenvalue weighted by Crippen LogP contribution is -2.10. The third-order valence-electron chi connectivity index (χ3n) is 4.07. The van der Waals surface area contributed by atoms with Gasteiger partial charge in [-0.2, -0.15) is 0 Å². The van der Waals surface area contributed by atoms with Crippen LogP contribution in [-0.2, 0) is 13.6 Å². The first kappa shape index (κ1) is 24.6. The Morgan fingerprint density at radius 1 is 0.708 bits per heavy atom. The molecule has 1 atom stereocenters. The van der Waals surface area contributed by atoms with Crippen molar-refractivity contribution in [1.29, 1.82) is 0 Å². The van der Waals surface area contributed by atoms with Gasteiger partial charge in [0, 0.05) is 5.33 Å². The van der Waals surface area contributed by atoms with E-state index in [-0.39, 0.29) is 13.2 Å². The van der Waals surface area contributed by atoms with Crippen molar-refractivity contribution in [3.63, 3.8) is 0 Å². The van der Waals surface area contributed by atoms with Crippen molar-refractivity contribution in [3.8, 4) is 0 Å². The van der Waals surface area contributed by atoms with E-state index in [1.807, 2.05) is 0 Å². The van der Waals surface area contributed by atoms with Gasteiger partial charge in [0.2, 0.25) is 0 Å². The Kier molecular flexibility index (Phi) is 18.8. The second-order valence-corrected chi connectivity index (χ2v) is 8.60. The molecular weight excluding hydrogens is 391 g/mol.